The van der Waals surface area contributed by atoms with E-state index in [1.807, 2.05) is 0 Å². The molecule has 1 aromatic rings. The third kappa shape index (κ3) is 3.83. The Kier molecular flexibility index (Phi) is 5.41. The van der Waals surface area contributed by atoms with Crippen LogP contribution < -0.4 is 10.1 Å². The summed E-state index contributed by atoms with van der Waals surface area (Å²) in [5.41, 5.74) is -1.62. The molecule has 1 saturated carbocycles. The number of carboxylic acid groups (broad SMARTS) is 1. The molecule has 2 N–H and O–H groups in total. The van der Waals surface area contributed by atoms with Gasteiger partial charge in [-0.2, -0.15) is 8.78 Å². The molecule has 1 aliphatic rings. The largest absolute Gasteiger partial charge is 0.493 e. The molecule has 7 heteroatoms. The number of rotatable bonds is 7. The molecule has 132 valence electrons. The quantitative estimate of drug-likeness (QED) is 0.799. The number of alkyl halides is 2. The van der Waals surface area contributed by atoms with Crippen LogP contribution in [0.2, 0.25) is 0 Å². The number of hydrogen-bond acceptors (Lipinski definition) is 3. The van der Waals surface area contributed by atoms with Gasteiger partial charge in [0.2, 0.25) is 0 Å². The van der Waals surface area contributed by atoms with Gasteiger partial charge in [-0.25, -0.2) is 0 Å². The van der Waals surface area contributed by atoms with Crippen LogP contribution >= 0.6 is 0 Å². The first-order chi connectivity index (χ1) is 11.3. The van der Waals surface area contributed by atoms with Gasteiger partial charge in [-0.3, -0.25) is 9.59 Å². The SMILES string of the molecule is CCOc1ccccc1C(F)(F)C(=O)NC1(CC(=O)O)CCCC1. The highest BCUT2D eigenvalue weighted by Crippen LogP contribution is 2.38. The van der Waals surface area contributed by atoms with Gasteiger partial charge < -0.3 is 15.2 Å². The lowest BCUT2D eigenvalue weighted by Gasteiger charge is -2.31. The molecule has 24 heavy (non-hydrogen) atoms. The third-order valence-electron chi connectivity index (χ3n) is 4.24. The molecule has 5 nitrogen and oxygen atoms in total. The van der Waals surface area contributed by atoms with Crippen molar-refractivity contribution in [1.82, 2.24) is 5.32 Å². The number of carbonyl (C=O) groups excluding carboxylic acids is 1. The van der Waals surface area contributed by atoms with Gasteiger partial charge in [0, 0.05) is 0 Å². The molecule has 0 saturated heterocycles. The van der Waals surface area contributed by atoms with Crippen LogP contribution in [-0.2, 0) is 15.5 Å². The van der Waals surface area contributed by atoms with Crippen LogP contribution in [0.3, 0.4) is 0 Å². The van der Waals surface area contributed by atoms with Crippen molar-refractivity contribution in [2.75, 3.05) is 6.61 Å². The number of carbonyl (C=O) groups is 2. The van der Waals surface area contributed by atoms with E-state index in [1.165, 1.54) is 12.1 Å². The summed E-state index contributed by atoms with van der Waals surface area (Å²) in [5, 5.41) is 11.3. The van der Waals surface area contributed by atoms with Gasteiger partial charge in [0.1, 0.15) is 5.75 Å². The highest BCUT2D eigenvalue weighted by atomic mass is 19.3. The molecule has 0 heterocycles. The molecule has 0 spiro atoms. The molecule has 0 unspecified atom stereocenters. The lowest BCUT2D eigenvalue weighted by Crippen LogP contribution is -2.52. The number of nitrogens with one attached hydrogen (secondary N) is 1. The number of amides is 1. The minimum absolute atomic E-state index is 0.0566. The lowest BCUT2D eigenvalue weighted by molar-refractivity contribution is -0.150. The van der Waals surface area contributed by atoms with Gasteiger partial charge in [-0.1, -0.05) is 25.0 Å². The fraction of sp³-hybridized carbons (Fsp3) is 0.529. The molecule has 0 aliphatic heterocycles. The number of benzene rings is 1. The maximum absolute atomic E-state index is 14.7. The van der Waals surface area contributed by atoms with E-state index in [0.717, 1.165) is 6.07 Å². The predicted octanol–water partition coefficient (Wildman–Crippen LogP) is 3.08. The zero-order valence-corrected chi connectivity index (χ0v) is 13.5. The van der Waals surface area contributed by atoms with Crippen molar-refractivity contribution in [1.29, 1.82) is 0 Å². The summed E-state index contributed by atoms with van der Waals surface area (Å²) < 4.78 is 34.5. The second-order valence-electron chi connectivity index (χ2n) is 6.02. The zero-order chi connectivity index (χ0) is 17.8. The van der Waals surface area contributed by atoms with Gasteiger partial charge in [0.05, 0.1) is 24.1 Å². The third-order valence-corrected chi connectivity index (χ3v) is 4.24. The molecule has 1 amide bonds. The number of para-hydroxylation sites is 1. The first kappa shape index (κ1) is 18.2. The molecule has 0 atom stereocenters. The smallest absolute Gasteiger partial charge is 0.353 e. The van der Waals surface area contributed by atoms with Crippen LogP contribution in [0, 0.1) is 0 Å². The minimum Gasteiger partial charge on any atom is -0.493 e. The van der Waals surface area contributed by atoms with Crippen molar-refractivity contribution in [2.24, 2.45) is 0 Å². The fourth-order valence-corrected chi connectivity index (χ4v) is 3.14. The molecule has 0 radical (unpaired) electrons. The van der Waals surface area contributed by atoms with E-state index in [0.29, 0.717) is 25.7 Å². The fourth-order valence-electron chi connectivity index (χ4n) is 3.14. The average Bonchev–Trinajstić information content (AvgIpc) is 2.95. The average molecular weight is 341 g/mol. The summed E-state index contributed by atoms with van der Waals surface area (Å²) in [4.78, 5) is 23.3. The van der Waals surface area contributed by atoms with E-state index in [2.05, 4.69) is 5.32 Å². The van der Waals surface area contributed by atoms with Crippen molar-refractivity contribution in [3.8, 4) is 5.75 Å². The summed E-state index contributed by atoms with van der Waals surface area (Å²) in [7, 11) is 0. The molecule has 0 bridgehead atoms. The topological polar surface area (TPSA) is 75.6 Å². The summed E-state index contributed by atoms with van der Waals surface area (Å²) in [6.07, 6.45) is 1.81. The van der Waals surface area contributed by atoms with Gasteiger partial charge in [0.15, 0.2) is 0 Å². The summed E-state index contributed by atoms with van der Waals surface area (Å²) in [6.45, 7) is 1.85. The Morgan fingerprint density at radius 1 is 1.29 bits per heavy atom. The predicted molar refractivity (Wildman–Crippen MR) is 83.1 cm³/mol. The molecule has 1 aromatic carbocycles. The second-order valence-corrected chi connectivity index (χ2v) is 6.02. The number of carboxylic acids is 1. The Morgan fingerprint density at radius 2 is 1.92 bits per heavy atom. The maximum atomic E-state index is 14.7. The number of hydrogen-bond donors (Lipinski definition) is 2. The highest BCUT2D eigenvalue weighted by molar-refractivity contribution is 5.86. The van der Waals surface area contributed by atoms with E-state index in [-0.39, 0.29) is 18.8 Å². The molecule has 2 rings (SSSR count). The summed E-state index contributed by atoms with van der Waals surface area (Å²) in [6, 6.07) is 5.47. The van der Waals surface area contributed by atoms with Crippen LogP contribution in [0.5, 0.6) is 5.75 Å². The highest BCUT2D eigenvalue weighted by Gasteiger charge is 2.48. The monoisotopic (exact) mass is 341 g/mol. The number of ether oxygens (including phenoxy) is 1. The van der Waals surface area contributed by atoms with Crippen LogP contribution in [0.15, 0.2) is 24.3 Å². The van der Waals surface area contributed by atoms with Crippen molar-refractivity contribution < 1.29 is 28.2 Å². The molecule has 1 aliphatic carbocycles. The van der Waals surface area contributed by atoms with Gasteiger partial charge in [0.25, 0.3) is 5.91 Å². The number of halogens is 2. The molecule has 1 fully saturated rings. The summed E-state index contributed by atoms with van der Waals surface area (Å²) in [5.74, 6) is -6.47. The van der Waals surface area contributed by atoms with Gasteiger partial charge in [-0.15, -0.1) is 0 Å². The molecular weight excluding hydrogens is 320 g/mol. The van der Waals surface area contributed by atoms with Crippen LogP contribution in [0.1, 0.15) is 44.6 Å². The van der Waals surface area contributed by atoms with Gasteiger partial charge in [-0.05, 0) is 31.9 Å². The van der Waals surface area contributed by atoms with E-state index in [9.17, 15) is 18.4 Å². The Hall–Kier alpha value is -2.18. The van der Waals surface area contributed by atoms with Crippen molar-refractivity contribution in [2.45, 2.75) is 50.5 Å². The van der Waals surface area contributed by atoms with Crippen LogP contribution in [0.4, 0.5) is 8.78 Å². The van der Waals surface area contributed by atoms with Crippen molar-refractivity contribution in [3.63, 3.8) is 0 Å². The van der Waals surface area contributed by atoms with E-state index in [4.69, 9.17) is 9.84 Å². The zero-order valence-electron chi connectivity index (χ0n) is 13.5. The Bertz CT molecular complexity index is 612. The second kappa shape index (κ2) is 7.15. The van der Waals surface area contributed by atoms with Crippen LogP contribution in [0.25, 0.3) is 0 Å². The number of aliphatic carboxylic acids is 1. The Balaban J connectivity index is 2.25. The van der Waals surface area contributed by atoms with Crippen molar-refractivity contribution >= 4 is 11.9 Å². The van der Waals surface area contributed by atoms with E-state index in [1.54, 1.807) is 13.0 Å². The first-order valence-electron chi connectivity index (χ1n) is 7.95. The van der Waals surface area contributed by atoms with E-state index < -0.39 is 28.9 Å². The molecule has 0 aromatic heterocycles. The maximum Gasteiger partial charge on any atom is 0.353 e. The van der Waals surface area contributed by atoms with E-state index >= 15 is 0 Å². The standard InChI is InChI=1S/C17H21F2NO4/c1-2-24-13-8-4-3-7-12(13)17(18,19)15(23)20-16(11-14(21)22)9-5-6-10-16/h3-4,7-8H,2,5-6,9-11H2,1H3,(H,20,23)(H,21,22). The van der Waals surface area contributed by atoms with Crippen molar-refractivity contribution in [3.05, 3.63) is 29.8 Å². The lowest BCUT2D eigenvalue weighted by atomic mass is 9.92. The Morgan fingerprint density at radius 3 is 2.50 bits per heavy atom. The van der Waals surface area contributed by atoms with Crippen LogP contribution in [-0.4, -0.2) is 29.1 Å². The Labute approximate surface area is 139 Å². The first-order valence-corrected chi connectivity index (χ1v) is 7.95. The van der Waals surface area contributed by atoms with Gasteiger partial charge >= 0.3 is 11.9 Å². The normalized spacial score (nSPS) is 16.6. The molecular formula is C17H21F2NO4. The summed E-state index contributed by atoms with van der Waals surface area (Å²) >= 11 is 0. The minimum atomic E-state index is -3.81.